The monoisotopic (exact) mass is 456 g/mol. The molecule has 5 nitrogen and oxygen atoms in total. The van der Waals surface area contributed by atoms with Crippen LogP contribution in [-0.2, 0) is 9.59 Å². The van der Waals surface area contributed by atoms with Crippen LogP contribution < -0.4 is 10.6 Å². The summed E-state index contributed by atoms with van der Waals surface area (Å²) in [5, 5.41) is 14.8. The molecule has 3 rings (SSSR count). The smallest absolute Gasteiger partial charge is 0.240 e. The molecule has 1 aliphatic rings. The summed E-state index contributed by atoms with van der Waals surface area (Å²) in [6, 6.07) is 7.08. The van der Waals surface area contributed by atoms with Crippen molar-refractivity contribution >= 4 is 33.4 Å². The van der Waals surface area contributed by atoms with E-state index in [4.69, 9.17) is 0 Å². The van der Waals surface area contributed by atoms with Crippen LogP contribution in [0.1, 0.15) is 24.5 Å². The zero-order valence-corrected chi connectivity index (χ0v) is 16.0. The van der Waals surface area contributed by atoms with Gasteiger partial charge in [-0.3, -0.25) is 9.59 Å². The van der Waals surface area contributed by atoms with E-state index in [-0.39, 0.29) is 23.9 Å². The Morgan fingerprint density at radius 1 is 1.07 bits per heavy atom. The second-order valence-electron chi connectivity index (χ2n) is 6.53. The molecule has 0 spiro atoms. The van der Waals surface area contributed by atoms with E-state index in [1.807, 2.05) is 0 Å². The number of hydrogen-bond acceptors (Lipinski definition) is 3. The lowest BCUT2D eigenvalue weighted by atomic mass is 10.0. The van der Waals surface area contributed by atoms with Crippen molar-refractivity contribution in [1.29, 1.82) is 0 Å². The third-order valence-corrected chi connectivity index (χ3v) is 5.21. The summed E-state index contributed by atoms with van der Waals surface area (Å²) in [7, 11) is 0. The Balaban J connectivity index is 1.63. The Morgan fingerprint density at radius 2 is 1.71 bits per heavy atom. The third kappa shape index (κ3) is 4.05. The predicted octanol–water partition coefficient (Wildman–Crippen LogP) is 3.43. The molecule has 28 heavy (non-hydrogen) atoms. The number of amides is 2. The van der Waals surface area contributed by atoms with Crippen LogP contribution in [0.4, 0.5) is 18.9 Å². The highest BCUT2D eigenvalue weighted by molar-refractivity contribution is 9.10. The van der Waals surface area contributed by atoms with Crippen LogP contribution in [-0.4, -0.2) is 23.5 Å². The third-order valence-electron chi connectivity index (χ3n) is 4.60. The van der Waals surface area contributed by atoms with Gasteiger partial charge in [0.25, 0.3) is 0 Å². The van der Waals surface area contributed by atoms with Crippen LogP contribution in [0.5, 0.6) is 0 Å². The number of carbonyl (C=O) groups excluding carboxylic acids is 2. The number of aliphatic hydroxyl groups excluding tert-OH is 1. The maximum Gasteiger partial charge on any atom is 0.240 e. The van der Waals surface area contributed by atoms with Gasteiger partial charge in [0.2, 0.25) is 11.8 Å². The number of carbonyl (C=O) groups is 2. The van der Waals surface area contributed by atoms with Crippen molar-refractivity contribution in [2.75, 3.05) is 11.9 Å². The van der Waals surface area contributed by atoms with Gasteiger partial charge in [0.05, 0.1) is 10.6 Å². The fourth-order valence-electron chi connectivity index (χ4n) is 2.73. The molecule has 3 N–H and O–H groups in total. The standard InChI is InChI=1S/C19H16BrF3N2O3/c20-11-8-10(4-5-12(11)21)15(26)9-24-17(27)19(6-7-19)18(28)25-16-13(22)2-1-3-14(16)23/h1-5,8,15,26H,6-7,9H2,(H,24,27)(H,25,28)/t15-/m1/s1. The highest BCUT2D eigenvalue weighted by Gasteiger charge is 2.56. The Hall–Kier alpha value is -2.39. The van der Waals surface area contributed by atoms with Gasteiger partial charge in [-0.1, -0.05) is 12.1 Å². The first-order valence-electron chi connectivity index (χ1n) is 8.41. The van der Waals surface area contributed by atoms with E-state index in [1.54, 1.807) is 0 Å². The van der Waals surface area contributed by atoms with E-state index in [0.29, 0.717) is 5.56 Å². The quantitative estimate of drug-likeness (QED) is 0.582. The molecule has 0 unspecified atom stereocenters. The van der Waals surface area contributed by atoms with Gasteiger partial charge in [-0.2, -0.15) is 0 Å². The minimum atomic E-state index is -1.43. The Kier molecular flexibility index (Phi) is 5.76. The average Bonchev–Trinajstić information content (AvgIpc) is 3.46. The lowest BCUT2D eigenvalue weighted by Crippen LogP contribution is -2.41. The van der Waals surface area contributed by atoms with Gasteiger partial charge in [0.1, 0.15) is 28.6 Å². The highest BCUT2D eigenvalue weighted by atomic mass is 79.9. The molecular weight excluding hydrogens is 441 g/mol. The van der Waals surface area contributed by atoms with E-state index in [9.17, 15) is 27.9 Å². The van der Waals surface area contributed by atoms with Crippen molar-refractivity contribution in [3.05, 3.63) is 63.9 Å². The van der Waals surface area contributed by atoms with Gasteiger partial charge in [0, 0.05) is 6.54 Å². The number of aliphatic hydroxyl groups is 1. The van der Waals surface area contributed by atoms with Crippen molar-refractivity contribution in [3.63, 3.8) is 0 Å². The second kappa shape index (κ2) is 7.92. The molecule has 1 saturated carbocycles. The number of nitrogens with one attached hydrogen (secondary N) is 2. The van der Waals surface area contributed by atoms with Gasteiger partial charge in [0.15, 0.2) is 0 Å². The molecular formula is C19H16BrF3N2O3. The van der Waals surface area contributed by atoms with E-state index in [2.05, 4.69) is 26.6 Å². The Labute approximate surface area is 167 Å². The number of hydrogen-bond donors (Lipinski definition) is 3. The normalized spacial score (nSPS) is 15.6. The lowest BCUT2D eigenvalue weighted by molar-refractivity contribution is -0.134. The van der Waals surface area contributed by atoms with Crippen LogP contribution >= 0.6 is 15.9 Å². The van der Waals surface area contributed by atoms with Crippen molar-refractivity contribution in [2.24, 2.45) is 5.41 Å². The van der Waals surface area contributed by atoms with Crippen LogP contribution in [0.2, 0.25) is 0 Å². The zero-order chi connectivity index (χ0) is 20.5. The van der Waals surface area contributed by atoms with Crippen molar-refractivity contribution in [1.82, 2.24) is 5.32 Å². The topological polar surface area (TPSA) is 78.4 Å². The summed E-state index contributed by atoms with van der Waals surface area (Å²) in [5.41, 5.74) is -1.67. The molecule has 0 heterocycles. The number of rotatable bonds is 6. The van der Waals surface area contributed by atoms with Gasteiger partial charge in [-0.25, -0.2) is 13.2 Å². The first-order chi connectivity index (χ1) is 13.2. The summed E-state index contributed by atoms with van der Waals surface area (Å²) in [5.74, 6) is -3.84. The van der Waals surface area contributed by atoms with E-state index < -0.39 is 46.5 Å². The molecule has 1 atom stereocenters. The molecule has 2 amide bonds. The molecule has 0 saturated heterocycles. The fourth-order valence-corrected chi connectivity index (χ4v) is 3.13. The first kappa shape index (κ1) is 20.3. The Morgan fingerprint density at radius 3 is 2.29 bits per heavy atom. The molecule has 148 valence electrons. The van der Waals surface area contributed by atoms with Crippen LogP contribution in [0.3, 0.4) is 0 Å². The minimum Gasteiger partial charge on any atom is -0.387 e. The fraction of sp³-hybridized carbons (Fsp3) is 0.263. The van der Waals surface area contributed by atoms with Gasteiger partial charge >= 0.3 is 0 Å². The van der Waals surface area contributed by atoms with E-state index in [1.165, 1.54) is 18.2 Å². The number of benzene rings is 2. The number of para-hydroxylation sites is 1. The first-order valence-corrected chi connectivity index (χ1v) is 9.21. The van der Waals surface area contributed by atoms with Gasteiger partial charge in [-0.05, 0) is 58.6 Å². The summed E-state index contributed by atoms with van der Waals surface area (Å²) < 4.78 is 40.8. The maximum atomic E-state index is 13.7. The van der Waals surface area contributed by atoms with Crippen molar-refractivity contribution in [3.8, 4) is 0 Å². The van der Waals surface area contributed by atoms with Crippen LogP contribution in [0, 0.1) is 22.9 Å². The molecule has 1 fully saturated rings. The van der Waals surface area contributed by atoms with Crippen LogP contribution in [0.25, 0.3) is 0 Å². The van der Waals surface area contributed by atoms with Crippen molar-refractivity contribution in [2.45, 2.75) is 18.9 Å². The van der Waals surface area contributed by atoms with Gasteiger partial charge in [-0.15, -0.1) is 0 Å². The number of anilines is 1. The molecule has 1 aliphatic carbocycles. The maximum absolute atomic E-state index is 13.7. The lowest BCUT2D eigenvalue weighted by Gasteiger charge is -2.18. The summed E-state index contributed by atoms with van der Waals surface area (Å²) >= 11 is 3.01. The summed E-state index contributed by atoms with van der Waals surface area (Å²) in [4.78, 5) is 24.9. The molecule has 0 aliphatic heterocycles. The molecule has 0 bridgehead atoms. The average molecular weight is 457 g/mol. The number of halogens is 4. The largest absolute Gasteiger partial charge is 0.387 e. The van der Waals surface area contributed by atoms with Crippen molar-refractivity contribution < 1.29 is 27.9 Å². The predicted molar refractivity (Wildman–Crippen MR) is 98.7 cm³/mol. The second-order valence-corrected chi connectivity index (χ2v) is 7.39. The zero-order valence-electron chi connectivity index (χ0n) is 14.4. The molecule has 2 aromatic rings. The van der Waals surface area contributed by atoms with E-state index >= 15 is 0 Å². The molecule has 0 radical (unpaired) electrons. The SMILES string of the molecule is O=C(NC[C@@H](O)c1ccc(F)c(Br)c1)C1(C(=O)Nc2c(F)cccc2F)CC1. The summed E-state index contributed by atoms with van der Waals surface area (Å²) in [6.07, 6.45) is -0.679. The van der Waals surface area contributed by atoms with Crippen LogP contribution in [0.15, 0.2) is 40.9 Å². The summed E-state index contributed by atoms with van der Waals surface area (Å²) in [6.45, 7) is -0.208. The minimum absolute atomic E-state index is 0.167. The molecule has 2 aromatic carbocycles. The highest BCUT2D eigenvalue weighted by Crippen LogP contribution is 2.47. The van der Waals surface area contributed by atoms with E-state index in [0.717, 1.165) is 18.2 Å². The Bertz CT molecular complexity index is 914. The molecule has 9 heteroatoms. The van der Waals surface area contributed by atoms with Gasteiger partial charge < -0.3 is 15.7 Å². The molecule has 0 aromatic heterocycles.